The van der Waals surface area contributed by atoms with E-state index in [1.54, 1.807) is 18.0 Å². The van der Waals surface area contributed by atoms with Crippen LogP contribution in [0.4, 0.5) is 0 Å². The van der Waals surface area contributed by atoms with E-state index in [4.69, 9.17) is 4.42 Å². The van der Waals surface area contributed by atoms with E-state index in [1.807, 2.05) is 19.2 Å². The highest BCUT2D eigenvalue weighted by atomic mass is 32.2. The van der Waals surface area contributed by atoms with Gasteiger partial charge in [-0.3, -0.25) is 0 Å². The average Bonchev–Trinajstić information content (AvgIpc) is 2.78. The smallest absolute Gasteiger partial charge is 0.208 e. The number of nitrogens with zero attached hydrogens (tertiary/aromatic N) is 1. The second-order valence-corrected chi connectivity index (χ2v) is 4.20. The summed E-state index contributed by atoms with van der Waals surface area (Å²) in [5, 5.41) is 3.02. The van der Waals surface area contributed by atoms with Gasteiger partial charge in [0.1, 0.15) is 0 Å². The van der Waals surface area contributed by atoms with Crippen LogP contribution in [-0.4, -0.2) is 18.3 Å². The fourth-order valence-electron chi connectivity index (χ4n) is 1.52. The molecule has 3 nitrogen and oxygen atoms in total. The maximum Gasteiger partial charge on any atom is 0.208 e. The number of rotatable bonds is 4. The van der Waals surface area contributed by atoms with Gasteiger partial charge in [0.25, 0.3) is 0 Å². The molecule has 0 aliphatic heterocycles. The zero-order chi connectivity index (χ0) is 11.4. The molecule has 1 aromatic carbocycles. The molecule has 1 N–H and O–H groups in total. The van der Waals surface area contributed by atoms with E-state index in [2.05, 4.69) is 28.7 Å². The van der Waals surface area contributed by atoms with E-state index in [0.717, 1.165) is 11.3 Å². The van der Waals surface area contributed by atoms with Gasteiger partial charge in [-0.2, -0.15) is 0 Å². The van der Waals surface area contributed by atoms with Crippen LogP contribution in [0.15, 0.2) is 39.8 Å². The van der Waals surface area contributed by atoms with Crippen molar-refractivity contribution in [3.05, 3.63) is 36.4 Å². The molecule has 0 aliphatic carbocycles. The molecule has 84 valence electrons. The van der Waals surface area contributed by atoms with Crippen molar-refractivity contribution in [2.75, 3.05) is 13.3 Å². The average molecular weight is 234 g/mol. The van der Waals surface area contributed by atoms with Crippen LogP contribution in [0.25, 0.3) is 11.3 Å². The third-order valence-electron chi connectivity index (χ3n) is 2.25. The summed E-state index contributed by atoms with van der Waals surface area (Å²) in [5.41, 5.74) is 1.10. The van der Waals surface area contributed by atoms with Crippen molar-refractivity contribution < 1.29 is 4.42 Å². The minimum atomic E-state index is 0.654. The molecule has 2 rings (SSSR count). The maximum absolute atomic E-state index is 5.67. The molecule has 0 saturated heterocycles. The number of nitrogens with one attached hydrogen (secondary N) is 1. The molecular formula is C12H14N2OS. The Kier molecular flexibility index (Phi) is 3.64. The second-order valence-electron chi connectivity index (χ2n) is 3.35. The monoisotopic (exact) mass is 234 g/mol. The Hall–Kier alpha value is -1.26. The molecule has 2 aromatic rings. The van der Waals surface area contributed by atoms with E-state index in [-0.39, 0.29) is 0 Å². The molecule has 0 radical (unpaired) electrons. The minimum absolute atomic E-state index is 0.654. The zero-order valence-corrected chi connectivity index (χ0v) is 10.2. The first-order chi connectivity index (χ1) is 7.85. The Balaban J connectivity index is 2.34. The van der Waals surface area contributed by atoms with Crippen LogP contribution in [0, 0.1) is 0 Å². The normalized spacial score (nSPS) is 10.6. The minimum Gasteiger partial charge on any atom is -0.439 e. The summed E-state index contributed by atoms with van der Waals surface area (Å²) < 4.78 is 5.67. The van der Waals surface area contributed by atoms with Crippen molar-refractivity contribution in [1.82, 2.24) is 10.3 Å². The summed E-state index contributed by atoms with van der Waals surface area (Å²) in [4.78, 5) is 5.42. The van der Waals surface area contributed by atoms with E-state index in [0.29, 0.717) is 12.4 Å². The van der Waals surface area contributed by atoms with Gasteiger partial charge in [0.2, 0.25) is 5.89 Å². The van der Waals surface area contributed by atoms with Gasteiger partial charge in [0, 0.05) is 10.5 Å². The van der Waals surface area contributed by atoms with Crippen LogP contribution >= 0.6 is 11.8 Å². The zero-order valence-electron chi connectivity index (χ0n) is 9.36. The van der Waals surface area contributed by atoms with Gasteiger partial charge < -0.3 is 9.73 Å². The van der Waals surface area contributed by atoms with Crippen LogP contribution in [0.2, 0.25) is 0 Å². The highest BCUT2D eigenvalue weighted by Crippen LogP contribution is 2.30. The van der Waals surface area contributed by atoms with Crippen LogP contribution in [-0.2, 0) is 6.54 Å². The number of hydrogen-bond donors (Lipinski definition) is 1. The third-order valence-corrected chi connectivity index (χ3v) is 3.05. The van der Waals surface area contributed by atoms with Crippen LogP contribution in [0.5, 0.6) is 0 Å². The molecule has 0 unspecified atom stereocenters. The molecule has 0 bridgehead atoms. The van der Waals surface area contributed by atoms with E-state index < -0.39 is 0 Å². The van der Waals surface area contributed by atoms with Gasteiger partial charge >= 0.3 is 0 Å². The number of aromatic nitrogens is 1. The summed E-state index contributed by atoms with van der Waals surface area (Å²) >= 11 is 1.71. The van der Waals surface area contributed by atoms with Crippen molar-refractivity contribution in [1.29, 1.82) is 0 Å². The van der Waals surface area contributed by atoms with Gasteiger partial charge in [-0.1, -0.05) is 18.2 Å². The Morgan fingerprint density at radius 1 is 1.38 bits per heavy atom. The molecule has 0 fully saturated rings. The lowest BCUT2D eigenvalue weighted by molar-refractivity contribution is 0.490. The van der Waals surface area contributed by atoms with Crippen molar-refractivity contribution in [3.63, 3.8) is 0 Å². The first-order valence-corrected chi connectivity index (χ1v) is 6.30. The second kappa shape index (κ2) is 5.18. The molecule has 0 atom stereocenters. The summed E-state index contributed by atoms with van der Waals surface area (Å²) in [6.07, 6.45) is 3.84. The lowest BCUT2D eigenvalue weighted by Crippen LogP contribution is -2.04. The third kappa shape index (κ3) is 2.28. The van der Waals surface area contributed by atoms with E-state index >= 15 is 0 Å². The Bertz CT molecular complexity index is 468. The standard InChI is InChI=1S/C12H14N2OS/c1-13-8-12-14-7-10(15-12)9-5-3-4-6-11(9)16-2/h3-7,13H,8H2,1-2H3. The van der Waals surface area contributed by atoms with Crippen molar-refractivity contribution in [2.45, 2.75) is 11.4 Å². The predicted octanol–water partition coefficient (Wildman–Crippen LogP) is 2.78. The molecule has 1 heterocycles. The SMILES string of the molecule is CNCc1ncc(-c2ccccc2SC)o1. The van der Waals surface area contributed by atoms with Gasteiger partial charge in [-0.25, -0.2) is 4.98 Å². The summed E-state index contributed by atoms with van der Waals surface area (Å²) in [6, 6.07) is 8.17. The first-order valence-electron chi connectivity index (χ1n) is 5.08. The molecule has 1 aromatic heterocycles. The van der Waals surface area contributed by atoms with Crippen molar-refractivity contribution >= 4 is 11.8 Å². The molecule has 4 heteroatoms. The van der Waals surface area contributed by atoms with Gasteiger partial charge in [-0.15, -0.1) is 11.8 Å². The van der Waals surface area contributed by atoms with Crippen molar-refractivity contribution in [3.8, 4) is 11.3 Å². The highest BCUT2D eigenvalue weighted by Gasteiger charge is 2.09. The number of hydrogen-bond acceptors (Lipinski definition) is 4. The van der Waals surface area contributed by atoms with Gasteiger partial charge in [0.15, 0.2) is 5.76 Å². The topological polar surface area (TPSA) is 38.1 Å². The lowest BCUT2D eigenvalue weighted by Gasteiger charge is -2.02. The fraction of sp³-hybridized carbons (Fsp3) is 0.250. The first kappa shape index (κ1) is 11.2. The van der Waals surface area contributed by atoms with Crippen molar-refractivity contribution in [2.24, 2.45) is 0 Å². The summed E-state index contributed by atoms with van der Waals surface area (Å²) in [5.74, 6) is 1.55. The maximum atomic E-state index is 5.67. The molecular weight excluding hydrogens is 220 g/mol. The van der Waals surface area contributed by atoms with Gasteiger partial charge in [0.05, 0.1) is 12.7 Å². The fourth-order valence-corrected chi connectivity index (χ4v) is 2.12. The molecule has 0 aliphatic rings. The Labute approximate surface area is 99.3 Å². The lowest BCUT2D eigenvalue weighted by atomic mass is 10.2. The molecule has 0 amide bonds. The molecule has 16 heavy (non-hydrogen) atoms. The Morgan fingerprint density at radius 3 is 2.94 bits per heavy atom. The Morgan fingerprint density at radius 2 is 2.19 bits per heavy atom. The number of benzene rings is 1. The number of oxazole rings is 1. The summed E-state index contributed by atoms with van der Waals surface area (Å²) in [7, 11) is 1.87. The predicted molar refractivity (Wildman–Crippen MR) is 66.5 cm³/mol. The van der Waals surface area contributed by atoms with Crippen LogP contribution in [0.1, 0.15) is 5.89 Å². The molecule has 0 spiro atoms. The van der Waals surface area contributed by atoms with Gasteiger partial charge in [-0.05, 0) is 19.4 Å². The summed E-state index contributed by atoms with van der Waals surface area (Å²) in [6.45, 7) is 0.654. The molecule has 0 saturated carbocycles. The van der Waals surface area contributed by atoms with E-state index in [1.165, 1.54) is 4.90 Å². The quantitative estimate of drug-likeness (QED) is 0.825. The van der Waals surface area contributed by atoms with E-state index in [9.17, 15) is 0 Å². The van der Waals surface area contributed by atoms with Crippen LogP contribution in [0.3, 0.4) is 0 Å². The largest absolute Gasteiger partial charge is 0.439 e. The van der Waals surface area contributed by atoms with Crippen LogP contribution < -0.4 is 5.32 Å². The number of thioether (sulfide) groups is 1. The highest BCUT2D eigenvalue weighted by molar-refractivity contribution is 7.98.